The van der Waals surface area contributed by atoms with Crippen molar-refractivity contribution in [3.05, 3.63) is 0 Å². The highest BCUT2D eigenvalue weighted by Gasteiger charge is 2.20. The Bertz CT molecular complexity index is 108. The van der Waals surface area contributed by atoms with Crippen LogP contribution in [0.15, 0.2) is 0 Å². The molecule has 0 amide bonds. The highest BCUT2D eigenvalue weighted by atomic mass is 32.1. The molecule has 1 aliphatic rings. The first kappa shape index (κ1) is 11.3. The second-order valence-corrected chi connectivity index (χ2v) is 3.26. The minimum Gasteiger partial charge on any atom is -0.379 e. The van der Waals surface area contributed by atoms with E-state index in [2.05, 4.69) is 25.7 Å². The fourth-order valence-corrected chi connectivity index (χ4v) is 1.51. The van der Waals surface area contributed by atoms with Crippen molar-refractivity contribution in [3.63, 3.8) is 0 Å². The van der Waals surface area contributed by atoms with Crippen molar-refractivity contribution >= 4 is 13.5 Å². The van der Waals surface area contributed by atoms with E-state index in [0.717, 1.165) is 19.8 Å². The molecule has 0 aromatic rings. The molecule has 1 heterocycles. The van der Waals surface area contributed by atoms with E-state index < -0.39 is 0 Å². The maximum Gasteiger partial charge on any atom is 0.0619 e. The van der Waals surface area contributed by atoms with Gasteiger partial charge in [-0.05, 0) is 20.8 Å². The van der Waals surface area contributed by atoms with Crippen molar-refractivity contribution in [2.24, 2.45) is 0 Å². The van der Waals surface area contributed by atoms with E-state index >= 15 is 0 Å². The standard InChI is InChI=1S/C8H17NO.H2S/c1-7(2)9-4-5-10-6-8(9)3;/h7-8H,4-6H2,1-3H3;1H2. The third-order valence-electron chi connectivity index (χ3n) is 2.08. The molecule has 0 aromatic heterocycles. The van der Waals surface area contributed by atoms with Crippen LogP contribution in [0.25, 0.3) is 0 Å². The van der Waals surface area contributed by atoms with Crippen molar-refractivity contribution in [1.29, 1.82) is 0 Å². The van der Waals surface area contributed by atoms with Crippen molar-refractivity contribution in [2.75, 3.05) is 19.8 Å². The van der Waals surface area contributed by atoms with Crippen LogP contribution in [-0.4, -0.2) is 36.7 Å². The van der Waals surface area contributed by atoms with Crippen LogP contribution in [0.3, 0.4) is 0 Å². The Morgan fingerprint density at radius 2 is 2.09 bits per heavy atom. The number of morpholine rings is 1. The van der Waals surface area contributed by atoms with Crippen LogP contribution in [0.2, 0.25) is 0 Å². The summed E-state index contributed by atoms with van der Waals surface area (Å²) in [6.45, 7) is 9.60. The van der Waals surface area contributed by atoms with Crippen LogP contribution in [0.4, 0.5) is 0 Å². The van der Waals surface area contributed by atoms with Gasteiger partial charge >= 0.3 is 0 Å². The fraction of sp³-hybridized carbons (Fsp3) is 1.00. The van der Waals surface area contributed by atoms with Gasteiger partial charge in [-0.2, -0.15) is 13.5 Å². The van der Waals surface area contributed by atoms with Gasteiger partial charge in [0.05, 0.1) is 13.2 Å². The molecule has 1 aliphatic heterocycles. The van der Waals surface area contributed by atoms with Crippen LogP contribution < -0.4 is 0 Å². The first-order valence-corrected chi connectivity index (χ1v) is 4.05. The molecule has 0 N–H and O–H groups in total. The lowest BCUT2D eigenvalue weighted by atomic mass is 10.2. The van der Waals surface area contributed by atoms with Gasteiger partial charge in [0.1, 0.15) is 0 Å². The summed E-state index contributed by atoms with van der Waals surface area (Å²) in [6, 6.07) is 1.27. The van der Waals surface area contributed by atoms with Gasteiger partial charge in [-0.1, -0.05) is 0 Å². The smallest absolute Gasteiger partial charge is 0.0619 e. The molecule has 3 heteroatoms. The Balaban J connectivity index is 0.000001000. The molecule has 0 spiro atoms. The summed E-state index contributed by atoms with van der Waals surface area (Å²) in [5.41, 5.74) is 0. The zero-order chi connectivity index (χ0) is 7.56. The molecule has 1 fully saturated rings. The fourth-order valence-electron chi connectivity index (χ4n) is 1.51. The van der Waals surface area contributed by atoms with Gasteiger partial charge in [-0.3, -0.25) is 4.90 Å². The van der Waals surface area contributed by atoms with Gasteiger partial charge in [0.15, 0.2) is 0 Å². The van der Waals surface area contributed by atoms with E-state index in [9.17, 15) is 0 Å². The van der Waals surface area contributed by atoms with E-state index in [1.54, 1.807) is 0 Å². The molecule has 0 aromatic carbocycles. The van der Waals surface area contributed by atoms with Crippen LogP contribution in [0, 0.1) is 0 Å². The SMILES string of the molecule is CC(C)N1CCOCC1C.S. The van der Waals surface area contributed by atoms with Gasteiger partial charge in [0, 0.05) is 18.6 Å². The number of rotatable bonds is 1. The number of ether oxygens (including phenoxy) is 1. The monoisotopic (exact) mass is 177 g/mol. The molecular weight excluding hydrogens is 158 g/mol. The molecule has 1 atom stereocenters. The zero-order valence-corrected chi connectivity index (χ0v) is 8.63. The second kappa shape index (κ2) is 5.01. The molecule has 0 bridgehead atoms. The van der Waals surface area contributed by atoms with Gasteiger partial charge in [0.25, 0.3) is 0 Å². The number of hydrogen-bond acceptors (Lipinski definition) is 2. The minimum atomic E-state index is 0. The van der Waals surface area contributed by atoms with E-state index in [0.29, 0.717) is 12.1 Å². The van der Waals surface area contributed by atoms with Crippen molar-refractivity contribution in [1.82, 2.24) is 4.90 Å². The molecule has 11 heavy (non-hydrogen) atoms. The van der Waals surface area contributed by atoms with Crippen LogP contribution in [0.5, 0.6) is 0 Å². The lowest BCUT2D eigenvalue weighted by Gasteiger charge is -2.36. The first-order valence-electron chi connectivity index (χ1n) is 4.05. The molecule has 1 rings (SSSR count). The lowest BCUT2D eigenvalue weighted by Crippen LogP contribution is -2.47. The highest BCUT2D eigenvalue weighted by molar-refractivity contribution is 7.59. The average molecular weight is 177 g/mol. The predicted octanol–water partition coefficient (Wildman–Crippen LogP) is 1.23. The van der Waals surface area contributed by atoms with E-state index in [-0.39, 0.29) is 13.5 Å². The molecule has 1 saturated heterocycles. The summed E-state index contributed by atoms with van der Waals surface area (Å²) in [5, 5.41) is 0. The first-order chi connectivity index (χ1) is 4.72. The predicted molar refractivity (Wildman–Crippen MR) is 52.5 cm³/mol. The summed E-state index contributed by atoms with van der Waals surface area (Å²) >= 11 is 0. The largest absolute Gasteiger partial charge is 0.379 e. The summed E-state index contributed by atoms with van der Waals surface area (Å²) < 4.78 is 5.32. The number of nitrogens with zero attached hydrogens (tertiary/aromatic N) is 1. The van der Waals surface area contributed by atoms with Crippen LogP contribution in [0.1, 0.15) is 20.8 Å². The summed E-state index contributed by atoms with van der Waals surface area (Å²) in [6.07, 6.45) is 0. The normalized spacial score (nSPS) is 26.7. The van der Waals surface area contributed by atoms with E-state index in [1.807, 2.05) is 0 Å². The molecule has 1 unspecified atom stereocenters. The van der Waals surface area contributed by atoms with Crippen LogP contribution in [-0.2, 0) is 4.74 Å². The van der Waals surface area contributed by atoms with Gasteiger partial charge < -0.3 is 4.74 Å². The average Bonchev–Trinajstić information content (AvgIpc) is 1.88. The molecule has 68 valence electrons. The Hall–Kier alpha value is 0.270. The van der Waals surface area contributed by atoms with E-state index in [1.165, 1.54) is 0 Å². The topological polar surface area (TPSA) is 12.5 Å². The second-order valence-electron chi connectivity index (χ2n) is 3.26. The third-order valence-corrected chi connectivity index (χ3v) is 2.08. The Kier molecular flexibility index (Phi) is 5.13. The Labute approximate surface area is 76.4 Å². The van der Waals surface area contributed by atoms with Gasteiger partial charge in [-0.15, -0.1) is 0 Å². The van der Waals surface area contributed by atoms with Crippen molar-refractivity contribution < 1.29 is 4.74 Å². The molecule has 0 saturated carbocycles. The maximum absolute atomic E-state index is 5.32. The highest BCUT2D eigenvalue weighted by Crippen LogP contribution is 2.09. The van der Waals surface area contributed by atoms with Gasteiger partial charge in [0.2, 0.25) is 0 Å². The molecule has 0 radical (unpaired) electrons. The summed E-state index contributed by atoms with van der Waals surface area (Å²) in [7, 11) is 0. The van der Waals surface area contributed by atoms with Crippen molar-refractivity contribution in [2.45, 2.75) is 32.9 Å². The van der Waals surface area contributed by atoms with Gasteiger partial charge in [-0.25, -0.2) is 0 Å². The van der Waals surface area contributed by atoms with E-state index in [4.69, 9.17) is 4.74 Å². The Morgan fingerprint density at radius 3 is 2.45 bits per heavy atom. The maximum atomic E-state index is 5.32. The quantitative estimate of drug-likeness (QED) is 0.597. The summed E-state index contributed by atoms with van der Waals surface area (Å²) in [4.78, 5) is 2.48. The molecular formula is C8H19NOS. The number of hydrogen-bond donors (Lipinski definition) is 0. The Morgan fingerprint density at radius 1 is 1.45 bits per heavy atom. The third kappa shape index (κ3) is 3.01. The summed E-state index contributed by atoms with van der Waals surface area (Å²) in [5.74, 6) is 0. The van der Waals surface area contributed by atoms with Crippen molar-refractivity contribution in [3.8, 4) is 0 Å². The van der Waals surface area contributed by atoms with Crippen LogP contribution >= 0.6 is 13.5 Å². The zero-order valence-electron chi connectivity index (χ0n) is 7.63. The molecule has 2 nitrogen and oxygen atoms in total. The lowest BCUT2D eigenvalue weighted by molar-refractivity contribution is -0.0149. The molecule has 0 aliphatic carbocycles. The minimum absolute atomic E-state index is 0.